The molecule has 0 aromatic heterocycles. The largest absolute Gasteiger partial charge is 0.305 e. The molecule has 0 bridgehead atoms. The minimum Gasteiger partial charge on any atom is -0.305 e. The molecule has 1 unspecified atom stereocenters. The Bertz CT molecular complexity index is 365. The SMILES string of the molecule is CN1CCN(S(=O)(=O)NC2CCCN(C)C2)CC1. The normalized spacial score (nSPS) is 29.6. The first-order chi connectivity index (χ1) is 8.47. The highest BCUT2D eigenvalue weighted by atomic mass is 32.2. The van der Waals surface area contributed by atoms with Crippen LogP contribution in [0.3, 0.4) is 0 Å². The molecule has 2 rings (SSSR count). The van der Waals surface area contributed by atoms with Gasteiger partial charge in [-0.1, -0.05) is 0 Å². The van der Waals surface area contributed by atoms with Crippen molar-refractivity contribution in [2.45, 2.75) is 18.9 Å². The van der Waals surface area contributed by atoms with E-state index in [0.29, 0.717) is 13.1 Å². The molecule has 2 aliphatic heterocycles. The van der Waals surface area contributed by atoms with E-state index >= 15 is 0 Å². The lowest BCUT2D eigenvalue weighted by atomic mass is 10.1. The fourth-order valence-corrected chi connectivity index (χ4v) is 3.98. The second-order valence-corrected chi connectivity index (χ2v) is 7.13. The molecule has 0 aromatic carbocycles. The topological polar surface area (TPSA) is 55.9 Å². The van der Waals surface area contributed by atoms with E-state index < -0.39 is 10.2 Å². The Morgan fingerprint density at radius 1 is 1.00 bits per heavy atom. The predicted molar refractivity (Wildman–Crippen MR) is 71.6 cm³/mol. The minimum absolute atomic E-state index is 0.0633. The van der Waals surface area contributed by atoms with Gasteiger partial charge >= 0.3 is 0 Å². The van der Waals surface area contributed by atoms with Gasteiger partial charge in [0.2, 0.25) is 0 Å². The van der Waals surface area contributed by atoms with Crippen molar-refractivity contribution in [3.8, 4) is 0 Å². The summed E-state index contributed by atoms with van der Waals surface area (Å²) < 4.78 is 28.9. The quantitative estimate of drug-likeness (QED) is 0.730. The molecule has 2 heterocycles. The number of nitrogens with one attached hydrogen (secondary N) is 1. The van der Waals surface area contributed by atoms with Crippen LogP contribution in [0.1, 0.15) is 12.8 Å². The maximum Gasteiger partial charge on any atom is 0.279 e. The van der Waals surface area contributed by atoms with Crippen LogP contribution in [0.5, 0.6) is 0 Å². The van der Waals surface area contributed by atoms with Crippen LogP contribution >= 0.6 is 0 Å². The maximum absolute atomic E-state index is 12.2. The van der Waals surface area contributed by atoms with Crippen LogP contribution in [-0.4, -0.2) is 81.9 Å². The molecule has 6 nitrogen and oxygen atoms in total. The molecule has 0 amide bonds. The van der Waals surface area contributed by atoms with E-state index in [1.165, 1.54) is 0 Å². The third-order valence-electron chi connectivity index (χ3n) is 3.74. The Morgan fingerprint density at radius 3 is 2.28 bits per heavy atom. The van der Waals surface area contributed by atoms with E-state index in [4.69, 9.17) is 0 Å². The van der Waals surface area contributed by atoms with E-state index in [2.05, 4.69) is 14.5 Å². The van der Waals surface area contributed by atoms with E-state index in [9.17, 15) is 8.42 Å². The molecule has 2 fully saturated rings. The zero-order chi connectivity index (χ0) is 13.2. The molecule has 1 N–H and O–H groups in total. The Balaban J connectivity index is 1.90. The molecule has 2 saturated heterocycles. The summed E-state index contributed by atoms with van der Waals surface area (Å²) in [4.78, 5) is 4.33. The standard InChI is InChI=1S/C11H24N4O2S/c1-13-6-8-15(9-7-13)18(16,17)12-11-4-3-5-14(2)10-11/h11-12H,3-10H2,1-2H3. The lowest BCUT2D eigenvalue weighted by Crippen LogP contribution is -2.55. The molecule has 2 aliphatic rings. The Labute approximate surface area is 110 Å². The molecule has 0 radical (unpaired) electrons. The van der Waals surface area contributed by atoms with Gasteiger partial charge in [-0.3, -0.25) is 0 Å². The van der Waals surface area contributed by atoms with Crippen molar-refractivity contribution in [3.05, 3.63) is 0 Å². The first-order valence-electron chi connectivity index (χ1n) is 6.62. The molecular weight excluding hydrogens is 252 g/mol. The average Bonchev–Trinajstić information content (AvgIpc) is 2.29. The van der Waals surface area contributed by atoms with Gasteiger partial charge in [-0.15, -0.1) is 0 Å². The second-order valence-electron chi connectivity index (χ2n) is 5.43. The zero-order valence-corrected chi connectivity index (χ0v) is 12.1. The highest BCUT2D eigenvalue weighted by Gasteiger charge is 2.29. The summed E-state index contributed by atoms with van der Waals surface area (Å²) in [5.74, 6) is 0. The first kappa shape index (κ1) is 14.2. The van der Waals surface area contributed by atoms with E-state index in [-0.39, 0.29) is 6.04 Å². The molecule has 0 spiro atoms. The third kappa shape index (κ3) is 3.64. The van der Waals surface area contributed by atoms with Gasteiger partial charge in [0.25, 0.3) is 10.2 Å². The van der Waals surface area contributed by atoms with E-state index in [1.807, 2.05) is 14.1 Å². The minimum atomic E-state index is -3.30. The zero-order valence-electron chi connectivity index (χ0n) is 11.3. The summed E-state index contributed by atoms with van der Waals surface area (Å²) >= 11 is 0. The van der Waals surface area contributed by atoms with Gasteiger partial charge in [-0.2, -0.15) is 17.4 Å². The van der Waals surface area contributed by atoms with Crippen molar-refractivity contribution in [1.82, 2.24) is 18.8 Å². The molecule has 7 heteroatoms. The number of nitrogens with zero attached hydrogens (tertiary/aromatic N) is 3. The van der Waals surface area contributed by atoms with Gasteiger partial charge in [0.15, 0.2) is 0 Å². The first-order valence-corrected chi connectivity index (χ1v) is 8.06. The van der Waals surface area contributed by atoms with Crippen LogP contribution in [0.4, 0.5) is 0 Å². The van der Waals surface area contributed by atoms with Crippen molar-refractivity contribution in [1.29, 1.82) is 0 Å². The van der Waals surface area contributed by atoms with Crippen LogP contribution in [0.25, 0.3) is 0 Å². The van der Waals surface area contributed by atoms with Crippen molar-refractivity contribution < 1.29 is 8.42 Å². The number of hydrogen-bond donors (Lipinski definition) is 1. The summed E-state index contributed by atoms with van der Waals surface area (Å²) in [6.45, 7) is 4.68. The second kappa shape index (κ2) is 5.83. The number of hydrogen-bond acceptors (Lipinski definition) is 4. The highest BCUT2D eigenvalue weighted by Crippen LogP contribution is 2.11. The number of likely N-dealkylation sites (tertiary alicyclic amines) is 1. The van der Waals surface area contributed by atoms with Crippen molar-refractivity contribution in [3.63, 3.8) is 0 Å². The van der Waals surface area contributed by atoms with Gasteiger partial charge in [0.1, 0.15) is 0 Å². The van der Waals surface area contributed by atoms with Crippen LogP contribution in [0, 0.1) is 0 Å². The Hall–Kier alpha value is -0.210. The average molecular weight is 276 g/mol. The lowest BCUT2D eigenvalue weighted by Gasteiger charge is -2.35. The fraction of sp³-hybridized carbons (Fsp3) is 1.00. The molecule has 0 aliphatic carbocycles. The number of piperazine rings is 1. The predicted octanol–water partition coefficient (Wildman–Crippen LogP) is -0.838. The van der Waals surface area contributed by atoms with Crippen molar-refractivity contribution in [2.75, 3.05) is 53.4 Å². The summed E-state index contributed by atoms with van der Waals surface area (Å²) in [5.41, 5.74) is 0. The van der Waals surface area contributed by atoms with Gasteiger partial charge in [-0.05, 0) is 33.5 Å². The fourth-order valence-electron chi connectivity index (χ4n) is 2.58. The summed E-state index contributed by atoms with van der Waals surface area (Å²) in [6, 6.07) is 0.0633. The molecule has 0 aromatic rings. The molecule has 106 valence electrons. The lowest BCUT2D eigenvalue weighted by molar-refractivity contribution is 0.213. The maximum atomic E-state index is 12.2. The smallest absolute Gasteiger partial charge is 0.279 e. The van der Waals surface area contributed by atoms with Crippen LogP contribution in [0.2, 0.25) is 0 Å². The molecule has 18 heavy (non-hydrogen) atoms. The van der Waals surface area contributed by atoms with Crippen LogP contribution < -0.4 is 4.72 Å². The molecule has 0 saturated carbocycles. The van der Waals surface area contributed by atoms with Crippen LogP contribution in [-0.2, 0) is 10.2 Å². The van der Waals surface area contributed by atoms with Crippen LogP contribution in [0.15, 0.2) is 0 Å². The summed E-state index contributed by atoms with van der Waals surface area (Å²) in [7, 11) is 0.760. The number of piperidine rings is 1. The third-order valence-corrected chi connectivity index (χ3v) is 5.42. The molecular formula is C11H24N4O2S. The Kier molecular flexibility index (Phi) is 4.60. The summed E-state index contributed by atoms with van der Waals surface area (Å²) in [5, 5.41) is 0. The Morgan fingerprint density at radius 2 is 1.67 bits per heavy atom. The monoisotopic (exact) mass is 276 g/mol. The molecule has 1 atom stereocenters. The number of likely N-dealkylation sites (N-methyl/N-ethyl adjacent to an activating group) is 2. The van der Waals surface area contributed by atoms with Gasteiger partial charge in [0, 0.05) is 38.8 Å². The summed E-state index contributed by atoms with van der Waals surface area (Å²) in [6.07, 6.45) is 2.00. The van der Waals surface area contributed by atoms with Gasteiger partial charge < -0.3 is 9.80 Å². The van der Waals surface area contributed by atoms with Gasteiger partial charge in [0.05, 0.1) is 0 Å². The number of rotatable bonds is 3. The van der Waals surface area contributed by atoms with E-state index in [1.54, 1.807) is 4.31 Å². The van der Waals surface area contributed by atoms with Gasteiger partial charge in [-0.25, -0.2) is 0 Å². The van der Waals surface area contributed by atoms with E-state index in [0.717, 1.165) is 39.0 Å². The van der Waals surface area contributed by atoms with Crippen molar-refractivity contribution in [2.24, 2.45) is 0 Å². The van der Waals surface area contributed by atoms with Crippen molar-refractivity contribution >= 4 is 10.2 Å². The highest BCUT2D eigenvalue weighted by molar-refractivity contribution is 7.87.